The van der Waals surface area contributed by atoms with Crippen LogP contribution in [0.1, 0.15) is 41.0 Å². The Morgan fingerprint density at radius 3 is 2.57 bits per heavy atom. The topological polar surface area (TPSA) is 79.9 Å². The molecule has 2 aromatic rings. The SMILES string of the molecule is CCS(=O)(=O)c1ccc(C(=O)c2ccc3n2CCC3C#N)cc1. The highest BCUT2D eigenvalue weighted by atomic mass is 32.2. The molecule has 0 radical (unpaired) electrons. The number of hydrogen-bond donors (Lipinski definition) is 0. The van der Waals surface area contributed by atoms with Crippen LogP contribution in [-0.4, -0.2) is 24.5 Å². The Balaban J connectivity index is 1.92. The van der Waals surface area contributed by atoms with Crippen molar-refractivity contribution in [1.82, 2.24) is 4.57 Å². The van der Waals surface area contributed by atoms with E-state index in [1.807, 2.05) is 10.6 Å². The van der Waals surface area contributed by atoms with E-state index in [1.54, 1.807) is 25.1 Å². The molecule has 0 aliphatic carbocycles. The summed E-state index contributed by atoms with van der Waals surface area (Å²) < 4.78 is 25.5. The number of hydrogen-bond acceptors (Lipinski definition) is 4. The Hall–Kier alpha value is -2.39. The number of benzene rings is 1. The van der Waals surface area contributed by atoms with E-state index < -0.39 is 9.84 Å². The molecule has 2 heterocycles. The fourth-order valence-corrected chi connectivity index (χ4v) is 3.78. The number of ketones is 1. The first kappa shape index (κ1) is 15.5. The summed E-state index contributed by atoms with van der Waals surface area (Å²) in [5.41, 5.74) is 1.87. The summed E-state index contributed by atoms with van der Waals surface area (Å²) in [5.74, 6) is -0.286. The van der Waals surface area contributed by atoms with Crippen molar-refractivity contribution in [3.05, 3.63) is 53.3 Å². The van der Waals surface area contributed by atoms with Gasteiger partial charge in [0, 0.05) is 17.8 Å². The van der Waals surface area contributed by atoms with Crippen LogP contribution in [0.4, 0.5) is 0 Å². The summed E-state index contributed by atoms with van der Waals surface area (Å²) in [5, 5.41) is 9.10. The first-order chi connectivity index (χ1) is 11.0. The molecule has 118 valence electrons. The van der Waals surface area contributed by atoms with Gasteiger partial charge < -0.3 is 4.57 Å². The second kappa shape index (κ2) is 5.67. The van der Waals surface area contributed by atoms with Crippen molar-refractivity contribution in [3.8, 4) is 6.07 Å². The molecular formula is C17H16N2O3S. The molecule has 0 amide bonds. The van der Waals surface area contributed by atoms with E-state index in [9.17, 15) is 13.2 Å². The Kier molecular flexibility index (Phi) is 3.82. The average Bonchev–Trinajstić information content (AvgIpc) is 3.15. The molecule has 0 bridgehead atoms. The van der Waals surface area contributed by atoms with Gasteiger partial charge in [-0.25, -0.2) is 8.42 Å². The highest BCUT2D eigenvalue weighted by molar-refractivity contribution is 7.91. The number of nitrogens with zero attached hydrogens (tertiary/aromatic N) is 2. The number of aromatic nitrogens is 1. The maximum absolute atomic E-state index is 12.6. The number of carbonyl (C=O) groups is 1. The lowest BCUT2D eigenvalue weighted by Crippen LogP contribution is -2.09. The number of carbonyl (C=O) groups excluding carboxylic acids is 1. The molecular weight excluding hydrogens is 312 g/mol. The lowest BCUT2D eigenvalue weighted by atomic mass is 10.1. The van der Waals surface area contributed by atoms with Crippen molar-refractivity contribution >= 4 is 15.6 Å². The molecule has 1 aromatic carbocycles. The van der Waals surface area contributed by atoms with Gasteiger partial charge >= 0.3 is 0 Å². The molecule has 5 nitrogen and oxygen atoms in total. The molecule has 0 N–H and O–H groups in total. The smallest absolute Gasteiger partial charge is 0.209 e. The van der Waals surface area contributed by atoms with Gasteiger partial charge in [-0.15, -0.1) is 0 Å². The Labute approximate surface area is 135 Å². The predicted octanol–water partition coefficient (Wildman–Crippen LogP) is 2.52. The van der Waals surface area contributed by atoms with E-state index in [0.717, 1.165) is 12.1 Å². The van der Waals surface area contributed by atoms with Gasteiger partial charge in [-0.2, -0.15) is 5.26 Å². The van der Waals surface area contributed by atoms with Gasteiger partial charge in [0.15, 0.2) is 9.84 Å². The van der Waals surface area contributed by atoms with E-state index in [2.05, 4.69) is 6.07 Å². The summed E-state index contributed by atoms with van der Waals surface area (Å²) >= 11 is 0. The third-order valence-corrected chi connectivity index (χ3v) is 6.01. The Morgan fingerprint density at radius 1 is 1.26 bits per heavy atom. The summed E-state index contributed by atoms with van der Waals surface area (Å²) in [6.45, 7) is 2.24. The van der Waals surface area contributed by atoms with Crippen molar-refractivity contribution in [3.63, 3.8) is 0 Å². The van der Waals surface area contributed by atoms with E-state index >= 15 is 0 Å². The zero-order valence-electron chi connectivity index (χ0n) is 12.7. The van der Waals surface area contributed by atoms with Gasteiger partial charge in [0.05, 0.1) is 28.3 Å². The van der Waals surface area contributed by atoms with Gasteiger partial charge in [0.1, 0.15) is 0 Å². The molecule has 0 spiro atoms. The maximum atomic E-state index is 12.6. The van der Waals surface area contributed by atoms with Crippen LogP contribution in [0.5, 0.6) is 0 Å². The Bertz CT molecular complexity index is 902. The second-order valence-electron chi connectivity index (χ2n) is 5.52. The van der Waals surface area contributed by atoms with Gasteiger partial charge in [-0.3, -0.25) is 4.79 Å². The molecule has 1 aliphatic rings. The molecule has 6 heteroatoms. The standard InChI is InChI=1S/C17H16N2O3S/c1-2-23(21,22)14-5-3-12(4-6-14)17(20)16-8-7-15-13(11-18)9-10-19(15)16/h3-8,13H,2,9-10H2,1H3. The van der Waals surface area contributed by atoms with E-state index in [0.29, 0.717) is 17.8 Å². The largest absolute Gasteiger partial charge is 0.341 e. The van der Waals surface area contributed by atoms with Crippen LogP contribution in [0.3, 0.4) is 0 Å². The Morgan fingerprint density at radius 2 is 1.96 bits per heavy atom. The third kappa shape index (κ3) is 2.57. The molecule has 1 atom stereocenters. The van der Waals surface area contributed by atoms with Crippen molar-refractivity contribution in [2.75, 3.05) is 5.75 Å². The third-order valence-electron chi connectivity index (χ3n) is 4.26. The normalized spacial score (nSPS) is 16.8. The van der Waals surface area contributed by atoms with Gasteiger partial charge in [0.2, 0.25) is 5.78 Å². The molecule has 0 saturated carbocycles. The summed E-state index contributed by atoms with van der Waals surface area (Å²) in [4.78, 5) is 12.9. The van der Waals surface area contributed by atoms with E-state index in [-0.39, 0.29) is 22.3 Å². The van der Waals surface area contributed by atoms with Crippen LogP contribution in [0, 0.1) is 11.3 Å². The minimum Gasteiger partial charge on any atom is -0.341 e. The minimum absolute atomic E-state index is 0.0298. The summed E-state index contributed by atoms with van der Waals surface area (Å²) in [7, 11) is -3.27. The van der Waals surface area contributed by atoms with Crippen molar-refractivity contribution in [1.29, 1.82) is 5.26 Å². The molecule has 1 aromatic heterocycles. The summed E-state index contributed by atoms with van der Waals surface area (Å²) in [6, 6.07) is 11.8. The molecule has 1 unspecified atom stereocenters. The number of rotatable bonds is 4. The molecule has 23 heavy (non-hydrogen) atoms. The highest BCUT2D eigenvalue weighted by Gasteiger charge is 2.27. The fourth-order valence-electron chi connectivity index (χ4n) is 2.90. The monoisotopic (exact) mass is 328 g/mol. The van der Waals surface area contributed by atoms with Crippen molar-refractivity contribution in [2.45, 2.75) is 30.7 Å². The fraction of sp³-hybridized carbons (Fsp3) is 0.294. The number of fused-ring (bicyclic) bond motifs is 1. The van der Waals surface area contributed by atoms with Crippen molar-refractivity contribution in [2.24, 2.45) is 0 Å². The number of sulfone groups is 1. The zero-order valence-corrected chi connectivity index (χ0v) is 13.5. The lowest BCUT2D eigenvalue weighted by molar-refractivity contribution is 0.103. The quantitative estimate of drug-likeness (QED) is 0.808. The molecule has 0 fully saturated rings. The van der Waals surface area contributed by atoms with E-state index in [1.165, 1.54) is 12.1 Å². The summed E-state index contributed by atoms with van der Waals surface area (Å²) in [6.07, 6.45) is 0.723. The number of nitriles is 1. The van der Waals surface area contributed by atoms with Gasteiger partial charge in [-0.05, 0) is 42.8 Å². The van der Waals surface area contributed by atoms with Crippen LogP contribution in [-0.2, 0) is 16.4 Å². The maximum Gasteiger partial charge on any atom is 0.209 e. The first-order valence-corrected chi connectivity index (χ1v) is 9.09. The first-order valence-electron chi connectivity index (χ1n) is 7.44. The minimum atomic E-state index is -3.27. The van der Waals surface area contributed by atoms with Crippen LogP contribution in [0.15, 0.2) is 41.3 Å². The predicted molar refractivity (Wildman–Crippen MR) is 85.0 cm³/mol. The lowest BCUT2D eigenvalue weighted by Gasteiger charge is -2.06. The molecule has 0 saturated heterocycles. The van der Waals surface area contributed by atoms with Crippen LogP contribution >= 0.6 is 0 Å². The van der Waals surface area contributed by atoms with Crippen LogP contribution in [0.25, 0.3) is 0 Å². The van der Waals surface area contributed by atoms with Crippen LogP contribution < -0.4 is 0 Å². The average molecular weight is 328 g/mol. The molecule has 1 aliphatic heterocycles. The van der Waals surface area contributed by atoms with Gasteiger partial charge in [-0.1, -0.05) is 6.92 Å². The highest BCUT2D eigenvalue weighted by Crippen LogP contribution is 2.30. The van der Waals surface area contributed by atoms with Crippen LogP contribution in [0.2, 0.25) is 0 Å². The molecule has 3 rings (SSSR count). The van der Waals surface area contributed by atoms with E-state index in [4.69, 9.17) is 5.26 Å². The van der Waals surface area contributed by atoms with Gasteiger partial charge in [0.25, 0.3) is 0 Å². The van der Waals surface area contributed by atoms with Crippen molar-refractivity contribution < 1.29 is 13.2 Å². The zero-order chi connectivity index (χ0) is 16.6. The second-order valence-corrected chi connectivity index (χ2v) is 7.80.